The molecule has 4 rings (SSSR count). The van der Waals surface area contributed by atoms with Gasteiger partial charge in [-0.2, -0.15) is 0 Å². The number of guanidine groups is 1. The van der Waals surface area contributed by atoms with Gasteiger partial charge in [-0.15, -0.1) is 0 Å². The van der Waals surface area contributed by atoms with Crippen LogP contribution in [0.25, 0.3) is 10.9 Å². The molecule has 2 aromatic rings. The van der Waals surface area contributed by atoms with Crippen molar-refractivity contribution in [3.05, 3.63) is 35.5 Å². The fourth-order valence-corrected chi connectivity index (χ4v) is 4.91. The molecule has 3 N–H and O–H groups in total. The summed E-state index contributed by atoms with van der Waals surface area (Å²) in [4.78, 5) is 11.1. The Morgan fingerprint density at radius 2 is 2.00 bits per heavy atom. The van der Waals surface area contributed by atoms with Gasteiger partial charge in [-0.1, -0.05) is 12.1 Å². The minimum absolute atomic E-state index is 0.172. The molecule has 0 aliphatic carbocycles. The van der Waals surface area contributed by atoms with E-state index in [4.69, 9.17) is 9.73 Å². The number of benzene rings is 1. The second kappa shape index (κ2) is 9.84. The first-order valence-electron chi connectivity index (χ1n) is 11.6. The van der Waals surface area contributed by atoms with Gasteiger partial charge in [-0.3, -0.25) is 9.89 Å². The van der Waals surface area contributed by atoms with Crippen molar-refractivity contribution in [2.24, 2.45) is 4.99 Å². The largest absolute Gasteiger partial charge is 0.381 e. The number of H-pyrrole nitrogens is 1. The molecule has 30 heavy (non-hydrogen) atoms. The molecule has 0 atom stereocenters. The monoisotopic (exact) mass is 411 g/mol. The SMILES string of the molecule is CCNC(=NCC1(N2CCCC2)CCOCC1)NCCc1c[nH]c2cc(C)ccc12. The maximum absolute atomic E-state index is 5.68. The van der Waals surface area contributed by atoms with Crippen LogP contribution in [0.4, 0.5) is 0 Å². The molecule has 164 valence electrons. The van der Waals surface area contributed by atoms with Gasteiger partial charge in [0.2, 0.25) is 0 Å². The highest BCUT2D eigenvalue weighted by molar-refractivity contribution is 5.84. The highest BCUT2D eigenvalue weighted by atomic mass is 16.5. The second-order valence-electron chi connectivity index (χ2n) is 8.77. The van der Waals surface area contributed by atoms with Crippen LogP contribution in [0.5, 0.6) is 0 Å². The summed E-state index contributed by atoms with van der Waals surface area (Å²) < 4.78 is 5.68. The van der Waals surface area contributed by atoms with Crippen molar-refractivity contribution in [1.82, 2.24) is 20.5 Å². The lowest BCUT2D eigenvalue weighted by Gasteiger charge is -2.43. The van der Waals surface area contributed by atoms with Gasteiger partial charge >= 0.3 is 0 Å². The zero-order chi connectivity index (χ0) is 20.8. The fourth-order valence-electron chi connectivity index (χ4n) is 4.91. The molecule has 0 amide bonds. The lowest BCUT2D eigenvalue weighted by molar-refractivity contribution is -0.0139. The van der Waals surface area contributed by atoms with Gasteiger partial charge in [-0.25, -0.2) is 0 Å². The molecule has 6 heteroatoms. The van der Waals surface area contributed by atoms with E-state index < -0.39 is 0 Å². The van der Waals surface area contributed by atoms with Crippen LogP contribution in [-0.4, -0.2) is 67.3 Å². The van der Waals surface area contributed by atoms with Gasteiger partial charge in [0.15, 0.2) is 5.96 Å². The minimum atomic E-state index is 0.172. The standard InChI is InChI=1S/C24H37N5O/c1-3-25-23(26-11-8-20-17-27-22-16-19(2)6-7-21(20)22)28-18-24(9-14-30-15-10-24)29-12-4-5-13-29/h6-7,16-17,27H,3-5,8-15,18H2,1-2H3,(H2,25,26,28). The first-order chi connectivity index (χ1) is 14.7. The molecule has 6 nitrogen and oxygen atoms in total. The van der Waals surface area contributed by atoms with Crippen molar-refractivity contribution in [3.63, 3.8) is 0 Å². The quantitative estimate of drug-likeness (QED) is 0.484. The van der Waals surface area contributed by atoms with Crippen molar-refractivity contribution in [2.75, 3.05) is 45.9 Å². The molecule has 1 aromatic heterocycles. The summed E-state index contributed by atoms with van der Waals surface area (Å²) in [6.07, 6.45) is 7.91. The number of likely N-dealkylation sites (tertiary alicyclic amines) is 1. The molecule has 3 heterocycles. The van der Waals surface area contributed by atoms with E-state index in [9.17, 15) is 0 Å². The summed E-state index contributed by atoms with van der Waals surface area (Å²) in [6, 6.07) is 6.62. The van der Waals surface area contributed by atoms with Crippen molar-refractivity contribution in [1.29, 1.82) is 0 Å². The molecule has 0 radical (unpaired) electrons. The van der Waals surface area contributed by atoms with Crippen LogP contribution in [0.2, 0.25) is 0 Å². The Bertz CT molecular complexity index is 846. The Balaban J connectivity index is 1.39. The maximum Gasteiger partial charge on any atom is 0.191 e. The Morgan fingerprint density at radius 3 is 2.77 bits per heavy atom. The molecular weight excluding hydrogens is 374 g/mol. The third-order valence-electron chi connectivity index (χ3n) is 6.69. The number of aryl methyl sites for hydroxylation is 1. The smallest absolute Gasteiger partial charge is 0.191 e. The van der Waals surface area contributed by atoms with Crippen LogP contribution in [0.3, 0.4) is 0 Å². The number of hydrogen-bond acceptors (Lipinski definition) is 3. The number of fused-ring (bicyclic) bond motifs is 1. The van der Waals surface area contributed by atoms with E-state index in [0.29, 0.717) is 0 Å². The Morgan fingerprint density at radius 1 is 1.20 bits per heavy atom. The van der Waals surface area contributed by atoms with Crippen LogP contribution in [0.15, 0.2) is 29.4 Å². The number of aliphatic imine (C=N–C) groups is 1. The van der Waals surface area contributed by atoms with Gasteiger partial charge in [-0.05, 0) is 76.2 Å². The number of nitrogens with one attached hydrogen (secondary N) is 3. The van der Waals surface area contributed by atoms with E-state index >= 15 is 0 Å². The third-order valence-corrected chi connectivity index (χ3v) is 6.69. The zero-order valence-corrected chi connectivity index (χ0v) is 18.6. The number of aromatic nitrogens is 1. The molecule has 2 aliphatic heterocycles. The van der Waals surface area contributed by atoms with Crippen molar-refractivity contribution < 1.29 is 4.74 Å². The van der Waals surface area contributed by atoms with E-state index in [0.717, 1.165) is 58.1 Å². The summed E-state index contributed by atoms with van der Waals surface area (Å²) in [7, 11) is 0. The molecule has 1 aromatic carbocycles. The number of ether oxygens (including phenoxy) is 1. The second-order valence-corrected chi connectivity index (χ2v) is 8.77. The molecule has 0 bridgehead atoms. The normalized spacial score (nSPS) is 20.0. The van der Waals surface area contributed by atoms with Crippen molar-refractivity contribution >= 4 is 16.9 Å². The fraction of sp³-hybridized carbons (Fsp3) is 0.625. The summed E-state index contributed by atoms with van der Waals surface area (Å²) >= 11 is 0. The number of hydrogen-bond donors (Lipinski definition) is 3. The van der Waals surface area contributed by atoms with E-state index in [1.807, 2.05) is 0 Å². The topological polar surface area (TPSA) is 64.7 Å². The van der Waals surface area contributed by atoms with E-state index in [2.05, 4.69) is 58.8 Å². The van der Waals surface area contributed by atoms with Crippen LogP contribution >= 0.6 is 0 Å². The average molecular weight is 412 g/mol. The zero-order valence-electron chi connectivity index (χ0n) is 18.6. The molecule has 2 aliphatic rings. The number of rotatable bonds is 7. The number of aromatic amines is 1. The van der Waals surface area contributed by atoms with Crippen LogP contribution < -0.4 is 10.6 Å². The van der Waals surface area contributed by atoms with Crippen LogP contribution in [0.1, 0.15) is 43.7 Å². The number of nitrogens with zero attached hydrogens (tertiary/aromatic N) is 2. The predicted molar refractivity (Wildman–Crippen MR) is 124 cm³/mol. The molecular formula is C24H37N5O. The highest BCUT2D eigenvalue weighted by Gasteiger charge is 2.39. The molecule has 2 saturated heterocycles. The summed E-state index contributed by atoms with van der Waals surface area (Å²) in [5.74, 6) is 0.929. The van der Waals surface area contributed by atoms with Gasteiger partial charge in [0.25, 0.3) is 0 Å². The molecule has 0 spiro atoms. The van der Waals surface area contributed by atoms with Gasteiger partial charge in [0.05, 0.1) is 6.54 Å². The first kappa shape index (κ1) is 21.2. The van der Waals surface area contributed by atoms with Crippen molar-refractivity contribution in [2.45, 2.75) is 51.5 Å². The van der Waals surface area contributed by atoms with Crippen LogP contribution in [-0.2, 0) is 11.2 Å². The Labute approximate surface area is 180 Å². The summed E-state index contributed by atoms with van der Waals surface area (Å²) in [5, 5.41) is 8.31. The summed E-state index contributed by atoms with van der Waals surface area (Å²) in [5.41, 5.74) is 4.03. The van der Waals surface area contributed by atoms with Gasteiger partial charge in [0, 0.05) is 48.9 Å². The highest BCUT2D eigenvalue weighted by Crippen LogP contribution is 2.31. The molecule has 2 fully saturated rings. The summed E-state index contributed by atoms with van der Waals surface area (Å²) in [6.45, 7) is 11.0. The third kappa shape index (κ3) is 4.81. The average Bonchev–Trinajstić information content (AvgIpc) is 3.43. The maximum atomic E-state index is 5.68. The van der Waals surface area contributed by atoms with E-state index in [1.54, 1.807) is 0 Å². The Hall–Kier alpha value is -2.05. The van der Waals surface area contributed by atoms with Gasteiger partial charge in [0.1, 0.15) is 0 Å². The van der Waals surface area contributed by atoms with E-state index in [1.165, 1.54) is 48.0 Å². The van der Waals surface area contributed by atoms with Gasteiger partial charge < -0.3 is 20.4 Å². The first-order valence-corrected chi connectivity index (χ1v) is 11.6. The Kier molecular flexibility index (Phi) is 6.95. The van der Waals surface area contributed by atoms with E-state index in [-0.39, 0.29) is 5.54 Å². The predicted octanol–water partition coefficient (Wildman–Crippen LogP) is 3.22. The lowest BCUT2D eigenvalue weighted by Crippen LogP contribution is -2.54. The molecule has 0 unspecified atom stereocenters. The van der Waals surface area contributed by atoms with Crippen molar-refractivity contribution in [3.8, 4) is 0 Å². The lowest BCUT2D eigenvalue weighted by atomic mass is 9.88. The molecule has 0 saturated carbocycles. The van der Waals surface area contributed by atoms with Crippen LogP contribution in [0, 0.1) is 6.92 Å². The minimum Gasteiger partial charge on any atom is -0.381 e.